The molecule has 8 nitrogen and oxygen atoms in total. The summed E-state index contributed by atoms with van der Waals surface area (Å²) in [5.41, 5.74) is 0. The van der Waals surface area contributed by atoms with Crippen LogP contribution in [0.25, 0.3) is 0 Å². The SMILES string of the molecule is CCCCCCCCCCCCCCCCCCCC(=O)OC(COC(=O)CCCCCCCCCCCCCCCC)COP(=O)(O)OC. The molecule has 0 aromatic heterocycles. The third kappa shape index (κ3) is 36.8. The minimum Gasteiger partial charge on any atom is -0.462 e. The lowest BCUT2D eigenvalue weighted by Gasteiger charge is -2.19. The molecule has 0 aliphatic carbocycles. The Bertz CT molecular complexity index is 793. The van der Waals surface area contributed by atoms with Crippen LogP contribution in [0.3, 0.4) is 0 Å². The van der Waals surface area contributed by atoms with Crippen molar-refractivity contribution >= 4 is 19.8 Å². The van der Waals surface area contributed by atoms with Gasteiger partial charge in [-0.1, -0.05) is 200 Å². The number of carbonyl (C=O) groups excluding carboxylic acids is 2. The Morgan fingerprint density at radius 2 is 0.780 bits per heavy atom. The van der Waals surface area contributed by atoms with E-state index in [-0.39, 0.29) is 19.0 Å². The summed E-state index contributed by atoms with van der Waals surface area (Å²) in [6.45, 7) is 3.92. The zero-order chi connectivity index (χ0) is 36.8. The van der Waals surface area contributed by atoms with Gasteiger partial charge in [0.05, 0.1) is 6.61 Å². The molecule has 0 spiro atoms. The van der Waals surface area contributed by atoms with Gasteiger partial charge in [0.15, 0.2) is 6.10 Å². The molecule has 0 aliphatic heterocycles. The highest BCUT2D eigenvalue weighted by molar-refractivity contribution is 7.47. The Morgan fingerprint density at radius 1 is 0.480 bits per heavy atom. The highest BCUT2D eigenvalue weighted by atomic mass is 31.2. The van der Waals surface area contributed by atoms with E-state index in [4.69, 9.17) is 14.0 Å². The van der Waals surface area contributed by atoms with Gasteiger partial charge in [-0.25, -0.2) is 4.57 Å². The number of unbranched alkanes of at least 4 members (excludes halogenated alkanes) is 29. The van der Waals surface area contributed by atoms with Crippen LogP contribution in [0, 0.1) is 0 Å². The average Bonchev–Trinajstić information content (AvgIpc) is 3.10. The molecule has 0 radical (unpaired) electrons. The molecule has 1 N–H and O–H groups in total. The molecule has 9 heteroatoms. The number of esters is 2. The molecule has 298 valence electrons. The van der Waals surface area contributed by atoms with Crippen LogP contribution >= 0.6 is 7.82 Å². The fraction of sp³-hybridized carbons (Fsp3) is 0.951. The van der Waals surface area contributed by atoms with E-state index in [1.165, 1.54) is 161 Å². The summed E-state index contributed by atoms with van der Waals surface area (Å²) in [5.74, 6) is -0.787. The van der Waals surface area contributed by atoms with Crippen molar-refractivity contribution < 1.29 is 37.6 Å². The van der Waals surface area contributed by atoms with Crippen molar-refractivity contribution in [3.8, 4) is 0 Å². The predicted molar refractivity (Wildman–Crippen MR) is 207 cm³/mol. The Kier molecular flexibility index (Phi) is 37.1. The van der Waals surface area contributed by atoms with Gasteiger partial charge in [-0.15, -0.1) is 0 Å². The smallest absolute Gasteiger partial charge is 0.462 e. The fourth-order valence-electron chi connectivity index (χ4n) is 6.31. The number of hydrogen-bond acceptors (Lipinski definition) is 7. The molecular weight excluding hydrogens is 651 g/mol. The third-order valence-electron chi connectivity index (χ3n) is 9.60. The van der Waals surface area contributed by atoms with Gasteiger partial charge in [-0.2, -0.15) is 0 Å². The van der Waals surface area contributed by atoms with E-state index in [1.807, 2.05) is 0 Å². The lowest BCUT2D eigenvalue weighted by atomic mass is 10.0. The van der Waals surface area contributed by atoms with Crippen LogP contribution in [0.5, 0.6) is 0 Å². The number of hydrogen-bond donors (Lipinski definition) is 1. The molecule has 0 saturated carbocycles. The van der Waals surface area contributed by atoms with E-state index in [2.05, 4.69) is 18.4 Å². The van der Waals surface area contributed by atoms with Gasteiger partial charge in [-0.05, 0) is 12.8 Å². The van der Waals surface area contributed by atoms with Crippen molar-refractivity contribution in [2.75, 3.05) is 20.3 Å². The van der Waals surface area contributed by atoms with Crippen molar-refractivity contribution in [2.24, 2.45) is 0 Å². The lowest BCUT2D eigenvalue weighted by molar-refractivity contribution is -0.161. The van der Waals surface area contributed by atoms with Gasteiger partial charge in [0.25, 0.3) is 0 Å². The van der Waals surface area contributed by atoms with Gasteiger partial charge in [0.1, 0.15) is 6.61 Å². The first-order valence-electron chi connectivity index (χ1n) is 21.2. The number of phosphoric ester groups is 1. The van der Waals surface area contributed by atoms with Crippen LogP contribution in [0.15, 0.2) is 0 Å². The second kappa shape index (κ2) is 37.8. The second-order valence-electron chi connectivity index (χ2n) is 14.5. The van der Waals surface area contributed by atoms with E-state index in [1.54, 1.807) is 0 Å². The van der Waals surface area contributed by atoms with Crippen molar-refractivity contribution in [2.45, 2.75) is 232 Å². The lowest BCUT2D eigenvalue weighted by Crippen LogP contribution is -2.29. The summed E-state index contributed by atoms with van der Waals surface area (Å²) < 4.78 is 32.0. The van der Waals surface area contributed by atoms with E-state index >= 15 is 0 Å². The predicted octanol–water partition coefficient (Wildman–Crippen LogP) is 13.1. The first-order chi connectivity index (χ1) is 24.3. The largest absolute Gasteiger partial charge is 0.472 e. The van der Waals surface area contributed by atoms with Crippen LogP contribution < -0.4 is 0 Å². The summed E-state index contributed by atoms with van der Waals surface area (Å²) in [5, 5.41) is 0. The molecule has 0 rings (SSSR count). The molecule has 0 bridgehead atoms. The van der Waals surface area contributed by atoms with Gasteiger partial charge in [0, 0.05) is 20.0 Å². The normalized spacial score (nSPS) is 13.3. The number of ether oxygens (including phenoxy) is 2. The van der Waals surface area contributed by atoms with E-state index < -0.39 is 26.5 Å². The quantitative estimate of drug-likeness (QED) is 0.0377. The Labute approximate surface area is 308 Å². The minimum absolute atomic E-state index is 0.216. The van der Waals surface area contributed by atoms with Crippen LogP contribution in [-0.4, -0.2) is 43.3 Å². The molecule has 0 amide bonds. The second-order valence-corrected chi connectivity index (χ2v) is 16.1. The summed E-state index contributed by atoms with van der Waals surface area (Å²) in [6, 6.07) is 0. The maximum atomic E-state index is 12.5. The van der Waals surface area contributed by atoms with Gasteiger partial charge < -0.3 is 14.4 Å². The van der Waals surface area contributed by atoms with Crippen LogP contribution in [0.4, 0.5) is 0 Å². The van der Waals surface area contributed by atoms with Crippen LogP contribution in [0.1, 0.15) is 226 Å². The van der Waals surface area contributed by atoms with Crippen LogP contribution in [-0.2, 0) is 32.7 Å². The minimum atomic E-state index is -4.25. The molecule has 50 heavy (non-hydrogen) atoms. The van der Waals surface area contributed by atoms with Gasteiger partial charge in [0.2, 0.25) is 0 Å². The molecule has 2 unspecified atom stereocenters. The molecule has 0 saturated heterocycles. The molecule has 0 aliphatic rings. The average molecular weight is 733 g/mol. The first kappa shape index (κ1) is 49.0. The zero-order valence-corrected chi connectivity index (χ0v) is 34.0. The van der Waals surface area contributed by atoms with E-state index in [9.17, 15) is 19.0 Å². The topological polar surface area (TPSA) is 108 Å². The molecular formula is C41H81O8P. The van der Waals surface area contributed by atoms with Crippen molar-refractivity contribution in [3.63, 3.8) is 0 Å². The summed E-state index contributed by atoms with van der Waals surface area (Å²) in [4.78, 5) is 34.4. The zero-order valence-electron chi connectivity index (χ0n) is 33.1. The third-order valence-corrected chi connectivity index (χ3v) is 10.5. The molecule has 0 aromatic rings. The van der Waals surface area contributed by atoms with E-state index in [0.29, 0.717) is 6.42 Å². The Morgan fingerprint density at radius 3 is 1.10 bits per heavy atom. The highest BCUT2D eigenvalue weighted by Gasteiger charge is 2.24. The van der Waals surface area contributed by atoms with Crippen molar-refractivity contribution in [3.05, 3.63) is 0 Å². The van der Waals surface area contributed by atoms with Crippen molar-refractivity contribution in [1.82, 2.24) is 0 Å². The number of rotatable bonds is 40. The van der Waals surface area contributed by atoms with Gasteiger partial charge >= 0.3 is 19.8 Å². The molecule has 0 aromatic carbocycles. The molecule has 0 fully saturated rings. The molecule has 0 heterocycles. The summed E-state index contributed by atoms with van der Waals surface area (Å²) >= 11 is 0. The standard InChI is InChI=1S/C41H81O8P/c1-4-6-8-10-12-14-16-18-20-21-22-24-26-28-30-32-34-36-41(43)49-39(38-48-50(44,45)46-3)37-47-40(42)35-33-31-29-27-25-23-19-17-15-13-11-9-7-5-2/h39H,4-38H2,1-3H3,(H,44,45). The number of phosphoric acid groups is 1. The van der Waals surface area contributed by atoms with E-state index in [0.717, 1.165) is 45.6 Å². The monoisotopic (exact) mass is 733 g/mol. The first-order valence-corrected chi connectivity index (χ1v) is 22.7. The highest BCUT2D eigenvalue weighted by Crippen LogP contribution is 2.42. The Balaban J connectivity index is 3.95. The summed E-state index contributed by atoms with van der Waals surface area (Å²) in [6.07, 6.45) is 38.6. The fourth-order valence-corrected chi connectivity index (χ4v) is 6.77. The summed E-state index contributed by atoms with van der Waals surface area (Å²) in [7, 11) is -3.19. The van der Waals surface area contributed by atoms with Crippen molar-refractivity contribution in [1.29, 1.82) is 0 Å². The maximum absolute atomic E-state index is 12.5. The van der Waals surface area contributed by atoms with Crippen LogP contribution in [0.2, 0.25) is 0 Å². The molecule has 2 atom stereocenters. The Hall–Kier alpha value is -0.950. The number of carbonyl (C=O) groups is 2. The maximum Gasteiger partial charge on any atom is 0.472 e. The van der Waals surface area contributed by atoms with Gasteiger partial charge in [-0.3, -0.25) is 18.6 Å².